The predicted molar refractivity (Wildman–Crippen MR) is 254 cm³/mol. The number of hydrogen-bond acceptors (Lipinski definition) is 10. The van der Waals surface area contributed by atoms with Crippen LogP contribution in [0.15, 0.2) is 54.7 Å². The number of nitrogens with one attached hydrogen (secondary N) is 3. The Bertz CT molecular complexity index is 2630. The van der Waals surface area contributed by atoms with E-state index in [0.717, 1.165) is 44.5 Å². The number of benzene rings is 2. The lowest BCUT2D eigenvalue weighted by Gasteiger charge is -2.45. The molecule has 4 atom stereocenters. The standard InChI is InChI=1S/C52H66N8O7/c1-9-58-42-15-14-33-22-37(42)38(45(58)36-12-10-16-53-43(36)29(2)3)25-51(6,7)28-67-49(65)39-13-11-17-60(56-39)48(64)40(20-31-18-34(33)21-35(61)19-31)55-46(62)44(30(4)5)57(8)50(66)52-23-32(24-52)27-59(52)47(63)41-26-54-41/h10,12,14-16,18-19,21-22,29-30,32,39-41,44,54,56,61H,9,11,13,17,20,23-28H2,1-8H3,(H,55,62)/t32?,39-,40-,41+,44-,52?/m0/s1. The van der Waals surface area contributed by atoms with Crippen LogP contribution in [0.1, 0.15) is 96.9 Å². The van der Waals surface area contributed by atoms with E-state index in [0.29, 0.717) is 57.3 Å². The third-order valence-electron chi connectivity index (χ3n) is 14.7. The van der Waals surface area contributed by atoms with Crippen LogP contribution in [0.4, 0.5) is 0 Å². The van der Waals surface area contributed by atoms with Crippen molar-refractivity contribution in [1.82, 2.24) is 40.4 Å². The van der Waals surface area contributed by atoms with E-state index in [9.17, 15) is 29.1 Å². The number of phenols is 1. The molecule has 6 aliphatic rings. The number of pyridine rings is 1. The number of carbonyl (C=O) groups excluding carboxylic acids is 5. The van der Waals surface area contributed by atoms with Gasteiger partial charge >= 0.3 is 5.97 Å². The van der Waals surface area contributed by atoms with Crippen LogP contribution in [0.2, 0.25) is 0 Å². The van der Waals surface area contributed by atoms with Crippen molar-refractivity contribution in [3.63, 3.8) is 0 Å². The lowest BCUT2D eigenvalue weighted by atomic mass is 9.72. The molecule has 2 aromatic heterocycles. The largest absolute Gasteiger partial charge is 0.508 e. The number of aromatic hydroxyl groups is 1. The minimum absolute atomic E-state index is 0.00105. The fraction of sp³-hybridized carbons (Fsp3) is 0.538. The van der Waals surface area contributed by atoms with E-state index in [1.165, 1.54) is 9.91 Å². The zero-order chi connectivity index (χ0) is 47.7. The van der Waals surface area contributed by atoms with Gasteiger partial charge in [-0.3, -0.25) is 34.0 Å². The fourth-order valence-electron chi connectivity index (χ4n) is 11.4. The van der Waals surface area contributed by atoms with Crippen molar-refractivity contribution in [2.24, 2.45) is 17.3 Å². The molecule has 4 aromatic rings. The number of fused-ring (bicyclic) bond motifs is 7. The van der Waals surface area contributed by atoms with Crippen molar-refractivity contribution in [2.45, 2.75) is 129 Å². The summed E-state index contributed by atoms with van der Waals surface area (Å²) >= 11 is 0. The highest BCUT2D eigenvalue weighted by atomic mass is 16.5. The number of cyclic esters (lactones) is 1. The molecule has 8 bridgehead atoms. The summed E-state index contributed by atoms with van der Waals surface area (Å²) in [7, 11) is 1.61. The number of phenolic OH excluding ortho intramolecular Hbond substituents is 1. The lowest BCUT2D eigenvalue weighted by Crippen LogP contribution is -2.65. The molecule has 15 nitrogen and oxygen atoms in total. The predicted octanol–water partition coefficient (Wildman–Crippen LogP) is 5.31. The van der Waals surface area contributed by atoms with Crippen molar-refractivity contribution in [3.8, 4) is 28.1 Å². The number of amides is 4. The quantitative estimate of drug-likeness (QED) is 0.127. The van der Waals surface area contributed by atoms with Crippen LogP contribution in [-0.4, -0.2) is 122 Å². The van der Waals surface area contributed by atoms with E-state index in [-0.39, 0.29) is 60.9 Å². The van der Waals surface area contributed by atoms with Gasteiger partial charge in [0, 0.05) is 67.7 Å². The van der Waals surface area contributed by atoms with Gasteiger partial charge in [0.15, 0.2) is 0 Å². The molecule has 10 rings (SSSR count). The fourth-order valence-corrected chi connectivity index (χ4v) is 11.4. The molecule has 4 N–H and O–H groups in total. The molecule has 5 fully saturated rings. The van der Waals surface area contributed by atoms with Gasteiger partial charge in [-0.2, -0.15) is 0 Å². The average molecular weight is 915 g/mol. The maximum Gasteiger partial charge on any atom is 0.324 e. The molecule has 1 saturated carbocycles. The Morgan fingerprint density at radius 2 is 1.81 bits per heavy atom. The molecule has 0 unspecified atom stereocenters. The Kier molecular flexibility index (Phi) is 12.2. The number of nitrogens with zero attached hydrogens (tertiary/aromatic N) is 5. The van der Waals surface area contributed by atoms with Gasteiger partial charge in [0.05, 0.1) is 24.0 Å². The Morgan fingerprint density at radius 1 is 1.04 bits per heavy atom. The van der Waals surface area contributed by atoms with E-state index in [1.54, 1.807) is 24.1 Å². The third kappa shape index (κ3) is 8.58. The zero-order valence-corrected chi connectivity index (χ0v) is 40.1. The first-order valence-electron chi connectivity index (χ1n) is 24.2. The second-order valence-electron chi connectivity index (χ2n) is 21.1. The highest BCUT2D eigenvalue weighted by molar-refractivity contribution is 5.99. The van der Waals surface area contributed by atoms with E-state index < -0.39 is 46.9 Å². The number of hydrogen-bond donors (Lipinski definition) is 4. The Labute approximate surface area is 392 Å². The molecular formula is C52H66N8O7. The second kappa shape index (κ2) is 17.7. The Hall–Kier alpha value is -5.80. The SMILES string of the molecule is CCn1c(-c2cccnc2C(C)C)c2c3cc(ccc31)-c1cc(O)cc(c1)C[C@H](NC(=O)[C@H](C(C)C)N(C)C(=O)C13CC(CN1C(=O)[C@H]1CN1)C3)C(=O)N1CCC[C@H](N1)C(=O)OCC(C)(C)C2. The van der Waals surface area contributed by atoms with Gasteiger partial charge in [0.25, 0.3) is 5.91 Å². The lowest BCUT2D eigenvalue weighted by molar-refractivity contribution is -0.157. The summed E-state index contributed by atoms with van der Waals surface area (Å²) in [6.45, 7) is 16.6. The number of hydrazine groups is 1. The molecule has 67 heavy (non-hydrogen) atoms. The molecule has 4 saturated heterocycles. The highest BCUT2D eigenvalue weighted by Crippen LogP contribution is 2.52. The molecule has 5 aliphatic heterocycles. The summed E-state index contributed by atoms with van der Waals surface area (Å²) in [5.74, 6) is -1.73. The minimum Gasteiger partial charge on any atom is -0.508 e. The first-order chi connectivity index (χ1) is 31.9. The van der Waals surface area contributed by atoms with Gasteiger partial charge in [0.1, 0.15) is 29.4 Å². The molecule has 15 heteroatoms. The topological polar surface area (TPSA) is 188 Å². The zero-order valence-electron chi connectivity index (χ0n) is 40.1. The van der Waals surface area contributed by atoms with E-state index in [2.05, 4.69) is 73.4 Å². The van der Waals surface area contributed by atoms with Crippen molar-refractivity contribution in [2.75, 3.05) is 33.3 Å². The number of aryl methyl sites for hydroxylation is 1. The van der Waals surface area contributed by atoms with Crippen LogP contribution in [0, 0.1) is 17.3 Å². The third-order valence-corrected chi connectivity index (χ3v) is 14.7. The van der Waals surface area contributed by atoms with Crippen LogP contribution >= 0.6 is 0 Å². The van der Waals surface area contributed by atoms with Crippen molar-refractivity contribution in [1.29, 1.82) is 0 Å². The number of likely N-dealkylation sites (N-methyl/N-ethyl adjacent to an activating group) is 1. The number of ether oxygens (including phenoxy) is 1. The van der Waals surface area contributed by atoms with Crippen molar-refractivity contribution >= 4 is 40.5 Å². The van der Waals surface area contributed by atoms with Crippen molar-refractivity contribution < 1.29 is 33.8 Å². The Morgan fingerprint density at radius 3 is 2.51 bits per heavy atom. The van der Waals surface area contributed by atoms with Gasteiger partial charge in [-0.05, 0) is 115 Å². The molecule has 4 amide bonds. The summed E-state index contributed by atoms with van der Waals surface area (Å²) < 4.78 is 8.47. The van der Waals surface area contributed by atoms with Gasteiger partial charge in [-0.15, -0.1) is 0 Å². The minimum atomic E-state index is -1.16. The first-order valence-corrected chi connectivity index (χ1v) is 24.2. The molecule has 7 heterocycles. The number of esters is 1. The molecule has 0 radical (unpaired) electrons. The molecule has 2 aromatic carbocycles. The van der Waals surface area contributed by atoms with E-state index >= 15 is 0 Å². The summed E-state index contributed by atoms with van der Waals surface area (Å²) in [5, 5.41) is 19.9. The van der Waals surface area contributed by atoms with Crippen LogP contribution in [0.3, 0.4) is 0 Å². The van der Waals surface area contributed by atoms with E-state index in [4.69, 9.17) is 9.72 Å². The van der Waals surface area contributed by atoms with Crippen LogP contribution < -0.4 is 16.1 Å². The molecular weight excluding hydrogens is 849 g/mol. The summed E-state index contributed by atoms with van der Waals surface area (Å²) in [4.78, 5) is 79.4. The van der Waals surface area contributed by atoms with Gasteiger partial charge in [0.2, 0.25) is 17.7 Å². The number of aromatic nitrogens is 2. The smallest absolute Gasteiger partial charge is 0.324 e. The highest BCUT2D eigenvalue weighted by Gasteiger charge is 2.64. The molecule has 0 spiro atoms. The molecule has 356 valence electrons. The van der Waals surface area contributed by atoms with Gasteiger partial charge in [-0.25, -0.2) is 5.43 Å². The summed E-state index contributed by atoms with van der Waals surface area (Å²) in [6.07, 6.45) is 4.51. The van der Waals surface area contributed by atoms with Crippen LogP contribution in [0.5, 0.6) is 5.75 Å². The molecule has 1 aliphatic carbocycles. The normalized spacial score (nSPS) is 25.1. The number of carbonyl (C=O) groups is 5. The number of rotatable bonds is 9. The van der Waals surface area contributed by atoms with Gasteiger partial charge < -0.3 is 34.8 Å². The van der Waals surface area contributed by atoms with Crippen molar-refractivity contribution in [3.05, 3.63) is 71.5 Å². The second-order valence-corrected chi connectivity index (χ2v) is 21.1. The van der Waals surface area contributed by atoms with E-state index in [1.807, 2.05) is 38.2 Å². The average Bonchev–Trinajstić information content (AvgIpc) is 3.88. The summed E-state index contributed by atoms with van der Waals surface area (Å²) in [5.41, 5.74) is 9.12. The first kappa shape index (κ1) is 46.3. The Balaban J connectivity index is 1.10. The van der Waals surface area contributed by atoms with Crippen LogP contribution in [0.25, 0.3) is 33.3 Å². The van der Waals surface area contributed by atoms with Gasteiger partial charge in [-0.1, -0.05) is 53.7 Å². The maximum absolute atomic E-state index is 14.8. The monoisotopic (exact) mass is 915 g/mol. The maximum atomic E-state index is 14.8. The van der Waals surface area contributed by atoms with Crippen LogP contribution in [-0.2, 0) is 48.1 Å². The summed E-state index contributed by atoms with van der Waals surface area (Å²) in [6, 6.07) is 12.5.